The second kappa shape index (κ2) is 6.65. The first kappa shape index (κ1) is 14.0. The second-order valence-electron chi connectivity index (χ2n) is 3.33. The number of carbonyl (C=O) groups excluding carboxylic acids is 1. The molecule has 0 aliphatic rings. The van der Waals surface area contributed by atoms with E-state index >= 15 is 0 Å². The van der Waals surface area contributed by atoms with Crippen molar-refractivity contribution in [2.45, 2.75) is 6.92 Å². The lowest BCUT2D eigenvalue weighted by Gasteiger charge is -2.14. The average molecular weight is 269 g/mol. The van der Waals surface area contributed by atoms with Gasteiger partial charge in [0, 0.05) is 13.0 Å². The summed E-state index contributed by atoms with van der Waals surface area (Å²) in [6, 6.07) is 5.26. The van der Waals surface area contributed by atoms with Gasteiger partial charge in [0.2, 0.25) is 5.91 Å². The zero-order valence-corrected chi connectivity index (χ0v) is 11.2. The SMILES string of the molecule is COc1ccc(NC(=S)NNC(C)=O)c(OC)c1. The third-order valence-electron chi connectivity index (χ3n) is 2.01. The van der Waals surface area contributed by atoms with Crippen molar-refractivity contribution in [1.29, 1.82) is 0 Å². The van der Waals surface area contributed by atoms with Crippen molar-refractivity contribution >= 4 is 28.9 Å². The quantitative estimate of drug-likeness (QED) is 0.562. The van der Waals surface area contributed by atoms with Crippen LogP contribution in [0.4, 0.5) is 5.69 Å². The Morgan fingerprint density at radius 2 is 1.94 bits per heavy atom. The highest BCUT2D eigenvalue weighted by molar-refractivity contribution is 7.80. The Labute approximate surface area is 111 Å². The van der Waals surface area contributed by atoms with E-state index in [0.29, 0.717) is 17.2 Å². The molecule has 0 saturated heterocycles. The monoisotopic (exact) mass is 269 g/mol. The lowest BCUT2D eigenvalue weighted by molar-refractivity contribution is -0.119. The van der Waals surface area contributed by atoms with Gasteiger partial charge < -0.3 is 14.8 Å². The van der Waals surface area contributed by atoms with E-state index in [1.807, 2.05) is 0 Å². The number of amides is 1. The summed E-state index contributed by atoms with van der Waals surface area (Å²) in [7, 11) is 3.12. The smallest absolute Gasteiger partial charge is 0.235 e. The largest absolute Gasteiger partial charge is 0.497 e. The molecule has 0 bridgehead atoms. The number of nitrogens with one attached hydrogen (secondary N) is 3. The molecule has 0 spiro atoms. The average Bonchev–Trinajstić information content (AvgIpc) is 2.36. The summed E-state index contributed by atoms with van der Waals surface area (Å²) < 4.78 is 10.3. The number of anilines is 1. The fourth-order valence-electron chi connectivity index (χ4n) is 1.20. The van der Waals surface area contributed by atoms with Gasteiger partial charge in [0.15, 0.2) is 5.11 Å². The van der Waals surface area contributed by atoms with Gasteiger partial charge >= 0.3 is 0 Å². The van der Waals surface area contributed by atoms with Crippen molar-refractivity contribution in [2.75, 3.05) is 19.5 Å². The van der Waals surface area contributed by atoms with Crippen LogP contribution in [0, 0.1) is 0 Å². The normalized spacial score (nSPS) is 9.28. The van der Waals surface area contributed by atoms with E-state index in [4.69, 9.17) is 21.7 Å². The van der Waals surface area contributed by atoms with Gasteiger partial charge in [-0.25, -0.2) is 0 Å². The maximum absolute atomic E-state index is 10.7. The highest BCUT2D eigenvalue weighted by Crippen LogP contribution is 2.28. The Bertz CT molecular complexity index is 451. The molecule has 18 heavy (non-hydrogen) atoms. The molecule has 98 valence electrons. The van der Waals surface area contributed by atoms with Gasteiger partial charge in [-0.15, -0.1) is 0 Å². The molecule has 6 nitrogen and oxygen atoms in total. The zero-order valence-electron chi connectivity index (χ0n) is 10.4. The predicted octanol–water partition coefficient (Wildman–Crippen LogP) is 1.04. The highest BCUT2D eigenvalue weighted by Gasteiger charge is 2.06. The molecule has 0 aliphatic carbocycles. The number of methoxy groups -OCH3 is 2. The fraction of sp³-hybridized carbons (Fsp3) is 0.273. The van der Waals surface area contributed by atoms with Crippen molar-refractivity contribution in [2.24, 2.45) is 0 Å². The van der Waals surface area contributed by atoms with E-state index in [1.165, 1.54) is 6.92 Å². The van der Waals surface area contributed by atoms with Gasteiger partial charge in [-0.2, -0.15) is 0 Å². The molecule has 0 radical (unpaired) electrons. The number of hydrazine groups is 1. The minimum Gasteiger partial charge on any atom is -0.497 e. The summed E-state index contributed by atoms with van der Waals surface area (Å²) in [5, 5.41) is 3.15. The van der Waals surface area contributed by atoms with Crippen LogP contribution in [0.3, 0.4) is 0 Å². The Kier molecular flexibility index (Phi) is 5.19. The van der Waals surface area contributed by atoms with Gasteiger partial charge in [0.05, 0.1) is 19.9 Å². The van der Waals surface area contributed by atoms with Crippen LogP contribution < -0.4 is 25.6 Å². The molecule has 0 heterocycles. The molecular weight excluding hydrogens is 254 g/mol. The molecular formula is C11H15N3O3S. The lowest BCUT2D eigenvalue weighted by atomic mass is 10.2. The summed E-state index contributed by atoms with van der Waals surface area (Å²) >= 11 is 5.00. The summed E-state index contributed by atoms with van der Waals surface area (Å²) in [6.07, 6.45) is 0. The van der Waals surface area contributed by atoms with E-state index in [2.05, 4.69) is 16.2 Å². The van der Waals surface area contributed by atoms with Gasteiger partial charge in [0.25, 0.3) is 0 Å². The van der Waals surface area contributed by atoms with Crippen LogP contribution in [0.15, 0.2) is 18.2 Å². The number of ether oxygens (including phenoxy) is 2. The van der Waals surface area contributed by atoms with Crippen LogP contribution in [0.5, 0.6) is 11.5 Å². The van der Waals surface area contributed by atoms with Gasteiger partial charge in [0.1, 0.15) is 11.5 Å². The number of benzene rings is 1. The molecule has 0 saturated carbocycles. The third kappa shape index (κ3) is 4.10. The van der Waals surface area contributed by atoms with Crippen LogP contribution in [-0.2, 0) is 4.79 Å². The second-order valence-corrected chi connectivity index (χ2v) is 3.73. The first-order chi connectivity index (χ1) is 8.56. The van der Waals surface area contributed by atoms with E-state index in [1.54, 1.807) is 32.4 Å². The van der Waals surface area contributed by atoms with Crippen LogP contribution in [-0.4, -0.2) is 25.2 Å². The van der Waals surface area contributed by atoms with Crippen LogP contribution in [0.25, 0.3) is 0 Å². The van der Waals surface area contributed by atoms with E-state index in [9.17, 15) is 4.79 Å². The highest BCUT2D eigenvalue weighted by atomic mass is 32.1. The van der Waals surface area contributed by atoms with E-state index in [0.717, 1.165) is 0 Å². The summed E-state index contributed by atoms with van der Waals surface area (Å²) in [4.78, 5) is 10.7. The first-order valence-corrected chi connectivity index (χ1v) is 5.53. The predicted molar refractivity (Wildman–Crippen MR) is 72.7 cm³/mol. The molecule has 0 aromatic heterocycles. The molecule has 0 aliphatic heterocycles. The van der Waals surface area contributed by atoms with Gasteiger partial charge in [-0.1, -0.05) is 0 Å². The van der Waals surface area contributed by atoms with Crippen molar-refractivity contribution in [3.63, 3.8) is 0 Å². The Balaban J connectivity index is 2.71. The first-order valence-electron chi connectivity index (χ1n) is 5.12. The summed E-state index contributed by atoms with van der Waals surface area (Å²) in [6.45, 7) is 1.38. The molecule has 7 heteroatoms. The third-order valence-corrected chi connectivity index (χ3v) is 2.21. The molecule has 0 fully saturated rings. The maximum atomic E-state index is 10.7. The Hall–Kier alpha value is -2.02. The molecule has 1 aromatic carbocycles. The van der Waals surface area contributed by atoms with Crippen LogP contribution in [0.1, 0.15) is 6.92 Å². The number of rotatable bonds is 3. The minimum atomic E-state index is -0.235. The topological polar surface area (TPSA) is 71.6 Å². The minimum absolute atomic E-state index is 0.235. The number of hydrogen-bond donors (Lipinski definition) is 3. The van der Waals surface area contributed by atoms with Crippen molar-refractivity contribution in [3.8, 4) is 11.5 Å². The molecule has 1 aromatic rings. The van der Waals surface area contributed by atoms with Gasteiger partial charge in [-0.3, -0.25) is 15.6 Å². The molecule has 1 rings (SSSR count). The molecule has 3 N–H and O–H groups in total. The summed E-state index contributed by atoms with van der Waals surface area (Å²) in [5.74, 6) is 1.03. The number of carbonyl (C=O) groups is 1. The van der Waals surface area contributed by atoms with E-state index < -0.39 is 0 Å². The number of thiocarbonyl (C=S) groups is 1. The van der Waals surface area contributed by atoms with Crippen molar-refractivity contribution < 1.29 is 14.3 Å². The Morgan fingerprint density at radius 3 is 2.50 bits per heavy atom. The zero-order chi connectivity index (χ0) is 13.5. The standard InChI is InChI=1S/C11H15N3O3S/c1-7(15)13-14-11(18)12-9-5-4-8(16-2)6-10(9)17-3/h4-6H,1-3H3,(H,13,15)(H2,12,14,18). The van der Waals surface area contributed by atoms with Crippen molar-refractivity contribution in [3.05, 3.63) is 18.2 Å². The van der Waals surface area contributed by atoms with Crippen molar-refractivity contribution in [1.82, 2.24) is 10.9 Å². The maximum Gasteiger partial charge on any atom is 0.235 e. The molecule has 0 unspecified atom stereocenters. The molecule has 0 atom stereocenters. The summed E-state index contributed by atoms with van der Waals surface area (Å²) in [5.41, 5.74) is 5.58. The van der Waals surface area contributed by atoms with Crippen LogP contribution >= 0.6 is 12.2 Å². The fourth-order valence-corrected chi connectivity index (χ4v) is 1.36. The number of hydrogen-bond acceptors (Lipinski definition) is 4. The molecule has 1 amide bonds. The lowest BCUT2D eigenvalue weighted by Crippen LogP contribution is -2.42. The van der Waals surface area contributed by atoms with E-state index in [-0.39, 0.29) is 11.0 Å². The van der Waals surface area contributed by atoms with Gasteiger partial charge in [-0.05, 0) is 24.4 Å². The van der Waals surface area contributed by atoms with Crippen LogP contribution in [0.2, 0.25) is 0 Å². The Morgan fingerprint density at radius 1 is 1.22 bits per heavy atom.